The molecule has 0 radical (unpaired) electrons. The highest BCUT2D eigenvalue weighted by Crippen LogP contribution is 2.34. The van der Waals surface area contributed by atoms with Gasteiger partial charge in [0.2, 0.25) is 5.82 Å². The molecule has 152 valence electrons. The number of nitrogens with one attached hydrogen (secondary N) is 1. The van der Waals surface area contributed by atoms with Gasteiger partial charge in [-0.3, -0.25) is 4.79 Å². The maximum atomic E-state index is 13.2. The number of aryl methyl sites for hydroxylation is 2. The molecule has 0 saturated heterocycles. The molecule has 0 unspecified atom stereocenters. The minimum absolute atomic E-state index is 0.00950. The van der Waals surface area contributed by atoms with Crippen LogP contribution in [0.15, 0.2) is 64.9 Å². The Morgan fingerprint density at radius 1 is 1.20 bits per heavy atom. The maximum absolute atomic E-state index is 13.2. The van der Waals surface area contributed by atoms with Crippen molar-refractivity contribution in [1.82, 2.24) is 24.3 Å². The Labute approximate surface area is 180 Å². The fraction of sp³-hybridized carbons (Fsp3) is 0.100. The highest BCUT2D eigenvalue weighted by atomic mass is 35.5. The van der Waals surface area contributed by atoms with Crippen LogP contribution >= 0.6 is 23.4 Å². The zero-order valence-electron chi connectivity index (χ0n) is 16.0. The number of halogens is 2. The number of amides is 1. The fourth-order valence-corrected chi connectivity index (χ4v) is 3.77. The average Bonchev–Trinajstić information content (AvgIpc) is 3.30. The van der Waals surface area contributed by atoms with Crippen molar-refractivity contribution in [3.8, 4) is 5.69 Å². The monoisotopic (exact) mass is 442 g/mol. The van der Waals surface area contributed by atoms with Crippen LogP contribution in [0.2, 0.25) is 5.02 Å². The topological polar surface area (TPSA) is 77.6 Å². The lowest BCUT2D eigenvalue weighted by Crippen LogP contribution is -2.15. The van der Waals surface area contributed by atoms with Crippen molar-refractivity contribution >= 4 is 35.0 Å². The summed E-state index contributed by atoms with van der Waals surface area (Å²) < 4.78 is 16.5. The number of hydrogen-bond donors (Lipinski definition) is 1. The molecular weight excluding hydrogens is 427 g/mol. The van der Waals surface area contributed by atoms with Crippen LogP contribution in [0.1, 0.15) is 16.4 Å². The second kappa shape index (κ2) is 8.29. The van der Waals surface area contributed by atoms with E-state index in [1.54, 1.807) is 37.4 Å². The Morgan fingerprint density at radius 2 is 1.97 bits per heavy atom. The number of benzene rings is 2. The molecule has 0 spiro atoms. The van der Waals surface area contributed by atoms with E-state index >= 15 is 0 Å². The molecule has 0 aliphatic carbocycles. The van der Waals surface area contributed by atoms with E-state index < -0.39 is 5.91 Å². The molecule has 2 aromatic heterocycles. The molecule has 2 heterocycles. The number of rotatable bonds is 5. The molecule has 0 aliphatic heterocycles. The molecule has 1 amide bonds. The van der Waals surface area contributed by atoms with Crippen molar-refractivity contribution in [2.75, 3.05) is 5.32 Å². The van der Waals surface area contributed by atoms with Gasteiger partial charge in [-0.25, -0.2) is 19.0 Å². The Kier molecular flexibility index (Phi) is 5.56. The van der Waals surface area contributed by atoms with Gasteiger partial charge in [-0.15, -0.1) is 5.10 Å². The molecule has 10 heteroatoms. The number of aromatic nitrogens is 5. The summed E-state index contributed by atoms with van der Waals surface area (Å²) in [5.41, 5.74) is 1.13. The highest BCUT2D eigenvalue weighted by Gasteiger charge is 2.18. The SMILES string of the molecule is Cc1nc(C(=O)Nc2cc(Cl)ccc2Sc2nccn2C)nn1-c1ccc(F)cc1. The van der Waals surface area contributed by atoms with E-state index in [1.807, 2.05) is 23.9 Å². The number of carbonyl (C=O) groups is 1. The Morgan fingerprint density at radius 3 is 2.67 bits per heavy atom. The smallest absolute Gasteiger partial charge is 0.295 e. The van der Waals surface area contributed by atoms with Gasteiger partial charge in [0.05, 0.1) is 11.4 Å². The molecule has 0 aliphatic rings. The predicted molar refractivity (Wildman–Crippen MR) is 113 cm³/mol. The third-order valence-corrected chi connectivity index (χ3v) is 5.60. The van der Waals surface area contributed by atoms with E-state index in [2.05, 4.69) is 20.4 Å². The summed E-state index contributed by atoms with van der Waals surface area (Å²) in [7, 11) is 1.89. The summed E-state index contributed by atoms with van der Waals surface area (Å²) in [6.45, 7) is 1.72. The van der Waals surface area contributed by atoms with Crippen LogP contribution in [-0.4, -0.2) is 30.2 Å². The molecule has 4 aromatic rings. The number of carbonyl (C=O) groups excluding carboxylic acids is 1. The summed E-state index contributed by atoms with van der Waals surface area (Å²) in [5.74, 6) is -0.346. The van der Waals surface area contributed by atoms with Crippen LogP contribution in [0.5, 0.6) is 0 Å². The second-order valence-electron chi connectivity index (χ2n) is 6.39. The first-order chi connectivity index (χ1) is 14.4. The predicted octanol–water partition coefficient (Wildman–Crippen LogP) is 4.51. The first-order valence-corrected chi connectivity index (χ1v) is 10.1. The highest BCUT2D eigenvalue weighted by molar-refractivity contribution is 7.99. The quantitative estimate of drug-likeness (QED) is 0.492. The van der Waals surface area contributed by atoms with Gasteiger partial charge in [0, 0.05) is 29.4 Å². The molecule has 7 nitrogen and oxygen atoms in total. The normalized spacial score (nSPS) is 10.9. The molecule has 0 bridgehead atoms. The zero-order valence-corrected chi connectivity index (χ0v) is 17.6. The van der Waals surface area contributed by atoms with Gasteiger partial charge in [-0.1, -0.05) is 11.6 Å². The van der Waals surface area contributed by atoms with Crippen LogP contribution in [0.4, 0.5) is 10.1 Å². The van der Waals surface area contributed by atoms with E-state index in [-0.39, 0.29) is 11.6 Å². The molecule has 0 fully saturated rings. The molecule has 2 aromatic carbocycles. The Bertz CT molecular complexity index is 1220. The minimum atomic E-state index is -0.483. The van der Waals surface area contributed by atoms with E-state index in [4.69, 9.17) is 11.6 Å². The second-order valence-corrected chi connectivity index (χ2v) is 7.83. The Balaban J connectivity index is 1.60. The minimum Gasteiger partial charge on any atom is -0.329 e. The standard InChI is InChI=1S/C20H16ClFN6OS/c1-12-24-18(26-28(12)15-6-4-14(22)5-7-15)19(29)25-16-11-13(21)3-8-17(16)30-20-23-9-10-27(20)2/h3-11H,1-2H3,(H,25,29). The average molecular weight is 443 g/mol. The number of imidazole rings is 1. The van der Waals surface area contributed by atoms with Crippen molar-refractivity contribution in [2.24, 2.45) is 7.05 Å². The van der Waals surface area contributed by atoms with Crippen LogP contribution in [0.3, 0.4) is 0 Å². The van der Waals surface area contributed by atoms with Crippen molar-refractivity contribution in [3.05, 3.63) is 77.3 Å². The summed E-state index contributed by atoms with van der Waals surface area (Å²) >= 11 is 7.53. The van der Waals surface area contributed by atoms with Gasteiger partial charge in [0.15, 0.2) is 5.16 Å². The van der Waals surface area contributed by atoms with Gasteiger partial charge in [-0.2, -0.15) is 0 Å². The first-order valence-electron chi connectivity index (χ1n) is 8.86. The van der Waals surface area contributed by atoms with E-state index in [1.165, 1.54) is 28.6 Å². The molecule has 1 N–H and O–H groups in total. The lowest BCUT2D eigenvalue weighted by Gasteiger charge is -2.10. The summed E-state index contributed by atoms with van der Waals surface area (Å²) in [6, 6.07) is 11.0. The van der Waals surface area contributed by atoms with Crippen LogP contribution in [-0.2, 0) is 7.05 Å². The van der Waals surface area contributed by atoms with Crippen molar-refractivity contribution in [1.29, 1.82) is 0 Å². The molecule has 0 atom stereocenters. The van der Waals surface area contributed by atoms with E-state index in [0.717, 1.165) is 10.1 Å². The summed E-state index contributed by atoms with van der Waals surface area (Å²) in [5, 5.41) is 8.33. The third kappa shape index (κ3) is 4.22. The molecule has 30 heavy (non-hydrogen) atoms. The zero-order chi connectivity index (χ0) is 21.3. The van der Waals surface area contributed by atoms with Gasteiger partial charge >= 0.3 is 0 Å². The summed E-state index contributed by atoms with van der Waals surface area (Å²) in [6.07, 6.45) is 3.54. The molecule has 4 rings (SSSR count). The number of nitrogens with zero attached hydrogens (tertiary/aromatic N) is 5. The number of anilines is 1. The lowest BCUT2D eigenvalue weighted by molar-refractivity contribution is 0.101. The van der Waals surface area contributed by atoms with Gasteiger partial charge in [-0.05, 0) is 61.2 Å². The first kappa shape index (κ1) is 20.1. The molecular formula is C20H16ClFN6OS. The van der Waals surface area contributed by atoms with Gasteiger partial charge in [0.1, 0.15) is 11.6 Å². The van der Waals surface area contributed by atoms with Crippen LogP contribution < -0.4 is 5.32 Å². The van der Waals surface area contributed by atoms with Gasteiger partial charge in [0.25, 0.3) is 5.91 Å². The maximum Gasteiger partial charge on any atom is 0.295 e. The summed E-state index contributed by atoms with van der Waals surface area (Å²) in [4.78, 5) is 22.1. The fourth-order valence-electron chi connectivity index (χ4n) is 2.73. The van der Waals surface area contributed by atoms with Crippen LogP contribution in [0, 0.1) is 12.7 Å². The van der Waals surface area contributed by atoms with E-state index in [0.29, 0.717) is 22.2 Å². The van der Waals surface area contributed by atoms with Crippen molar-refractivity contribution in [2.45, 2.75) is 17.0 Å². The largest absolute Gasteiger partial charge is 0.329 e. The van der Waals surface area contributed by atoms with E-state index in [9.17, 15) is 9.18 Å². The van der Waals surface area contributed by atoms with Crippen molar-refractivity contribution in [3.63, 3.8) is 0 Å². The van der Waals surface area contributed by atoms with Crippen LogP contribution in [0.25, 0.3) is 5.69 Å². The number of hydrogen-bond acceptors (Lipinski definition) is 5. The third-order valence-electron chi connectivity index (χ3n) is 4.21. The lowest BCUT2D eigenvalue weighted by atomic mass is 10.3. The van der Waals surface area contributed by atoms with Gasteiger partial charge < -0.3 is 9.88 Å². The Hall–Kier alpha value is -3.17. The van der Waals surface area contributed by atoms with Crippen molar-refractivity contribution < 1.29 is 9.18 Å². The molecule has 0 saturated carbocycles.